The molecular formula is C18H17N3O2S2. The van der Waals surface area contributed by atoms with Gasteiger partial charge in [0.05, 0.1) is 10.6 Å². The third-order valence-electron chi connectivity index (χ3n) is 4.07. The molecule has 5 nitrogen and oxygen atoms in total. The maximum absolute atomic E-state index is 12.4. The molecule has 128 valence electrons. The van der Waals surface area contributed by atoms with Gasteiger partial charge in [0.2, 0.25) is 0 Å². The van der Waals surface area contributed by atoms with Crippen LogP contribution in [-0.4, -0.2) is 23.7 Å². The zero-order valence-corrected chi connectivity index (χ0v) is 15.3. The summed E-state index contributed by atoms with van der Waals surface area (Å²) in [4.78, 5) is 4.86. The monoisotopic (exact) mass is 371 g/mol. The summed E-state index contributed by atoms with van der Waals surface area (Å²) in [7, 11) is -3.58. The minimum Gasteiger partial charge on any atom is -0.325 e. The van der Waals surface area contributed by atoms with Crippen molar-refractivity contribution in [1.82, 2.24) is 9.55 Å². The van der Waals surface area contributed by atoms with Crippen LogP contribution in [0, 0.1) is 6.92 Å². The topological polar surface area (TPSA) is 64.0 Å². The van der Waals surface area contributed by atoms with E-state index in [0.717, 1.165) is 34.3 Å². The zero-order chi connectivity index (χ0) is 17.4. The molecule has 1 aliphatic rings. The summed E-state index contributed by atoms with van der Waals surface area (Å²) < 4.78 is 29.6. The van der Waals surface area contributed by atoms with Crippen molar-refractivity contribution in [3.63, 3.8) is 0 Å². The lowest BCUT2D eigenvalue weighted by molar-refractivity contribution is 0.601. The lowest BCUT2D eigenvalue weighted by Crippen LogP contribution is -2.12. The van der Waals surface area contributed by atoms with Gasteiger partial charge in [0.25, 0.3) is 10.0 Å². The Hall–Kier alpha value is -2.25. The van der Waals surface area contributed by atoms with Crippen molar-refractivity contribution in [2.24, 2.45) is 0 Å². The van der Waals surface area contributed by atoms with Crippen molar-refractivity contribution in [3.05, 3.63) is 60.3 Å². The molecule has 2 heterocycles. The summed E-state index contributed by atoms with van der Waals surface area (Å²) in [5.74, 6) is 1.07. The number of benzene rings is 2. The van der Waals surface area contributed by atoms with Gasteiger partial charge in [-0.15, -0.1) is 0 Å². The van der Waals surface area contributed by atoms with E-state index in [-0.39, 0.29) is 4.90 Å². The van der Waals surface area contributed by atoms with E-state index in [9.17, 15) is 8.42 Å². The molecule has 0 spiro atoms. The third-order valence-corrected chi connectivity index (χ3v) is 6.44. The maximum Gasteiger partial charge on any atom is 0.261 e. The number of imidazole rings is 1. The van der Waals surface area contributed by atoms with Crippen molar-refractivity contribution in [3.8, 4) is 11.3 Å². The van der Waals surface area contributed by atoms with Gasteiger partial charge >= 0.3 is 0 Å². The first-order chi connectivity index (χ1) is 12.0. The number of hydrogen-bond donors (Lipinski definition) is 1. The molecule has 0 atom stereocenters. The minimum absolute atomic E-state index is 0.254. The van der Waals surface area contributed by atoms with Gasteiger partial charge < -0.3 is 4.57 Å². The van der Waals surface area contributed by atoms with Crippen LogP contribution in [0.3, 0.4) is 0 Å². The van der Waals surface area contributed by atoms with Gasteiger partial charge in [0, 0.05) is 29.7 Å². The first-order valence-corrected chi connectivity index (χ1v) is 10.4. The number of hydrogen-bond acceptors (Lipinski definition) is 4. The minimum atomic E-state index is -3.58. The number of fused-ring (bicyclic) bond motifs is 1. The lowest BCUT2D eigenvalue weighted by Gasteiger charge is -2.09. The molecule has 7 heteroatoms. The van der Waals surface area contributed by atoms with E-state index < -0.39 is 10.0 Å². The average molecular weight is 371 g/mol. The number of nitrogens with zero attached hydrogens (tertiary/aromatic N) is 2. The van der Waals surface area contributed by atoms with E-state index in [0.29, 0.717) is 5.69 Å². The Bertz CT molecular complexity index is 986. The quantitative estimate of drug-likeness (QED) is 0.758. The van der Waals surface area contributed by atoms with Gasteiger partial charge in [-0.05, 0) is 31.2 Å². The second-order valence-corrected chi connectivity index (χ2v) is 8.69. The smallest absolute Gasteiger partial charge is 0.261 e. The summed E-state index contributed by atoms with van der Waals surface area (Å²) in [5.41, 5.74) is 3.44. The molecule has 0 amide bonds. The number of aromatic nitrogens is 2. The lowest BCUT2D eigenvalue weighted by atomic mass is 10.1. The van der Waals surface area contributed by atoms with Gasteiger partial charge in [0.15, 0.2) is 5.16 Å². The molecule has 0 aliphatic carbocycles. The normalized spacial score (nSPS) is 13.6. The summed E-state index contributed by atoms with van der Waals surface area (Å²) in [6.07, 6.45) is 2.04. The molecule has 0 saturated heterocycles. The van der Waals surface area contributed by atoms with Gasteiger partial charge in [-0.3, -0.25) is 4.72 Å². The number of nitrogens with one attached hydrogen (secondary N) is 1. The Morgan fingerprint density at radius 3 is 2.48 bits per heavy atom. The van der Waals surface area contributed by atoms with E-state index in [4.69, 9.17) is 0 Å². The highest BCUT2D eigenvalue weighted by atomic mass is 32.2. The van der Waals surface area contributed by atoms with Crippen molar-refractivity contribution >= 4 is 27.5 Å². The van der Waals surface area contributed by atoms with Crippen molar-refractivity contribution < 1.29 is 8.42 Å². The van der Waals surface area contributed by atoms with E-state index in [2.05, 4.69) is 14.3 Å². The molecular weight excluding hydrogens is 354 g/mol. The predicted molar refractivity (Wildman–Crippen MR) is 100 cm³/mol. The Kier molecular flexibility index (Phi) is 4.05. The average Bonchev–Trinajstić information content (AvgIpc) is 3.17. The first-order valence-electron chi connectivity index (χ1n) is 7.91. The fourth-order valence-corrected chi connectivity index (χ4v) is 4.69. The first kappa shape index (κ1) is 16.2. The van der Waals surface area contributed by atoms with Crippen LogP contribution < -0.4 is 4.72 Å². The second-order valence-electron chi connectivity index (χ2n) is 5.95. The van der Waals surface area contributed by atoms with Gasteiger partial charge in [0.1, 0.15) is 0 Å². The van der Waals surface area contributed by atoms with Crippen LogP contribution in [0.1, 0.15) is 5.56 Å². The van der Waals surface area contributed by atoms with Crippen LogP contribution in [-0.2, 0) is 16.6 Å². The maximum atomic E-state index is 12.4. The number of rotatable bonds is 4. The SMILES string of the molecule is Cc1ccc(S(=O)(=O)Nc2ccc(-c3cn4c(n3)SCC4)cc2)cc1. The van der Waals surface area contributed by atoms with Crippen molar-refractivity contribution in [1.29, 1.82) is 0 Å². The van der Waals surface area contributed by atoms with Gasteiger partial charge in [-0.2, -0.15) is 0 Å². The molecule has 0 saturated carbocycles. The Labute approximate surface area is 151 Å². The summed E-state index contributed by atoms with van der Waals surface area (Å²) in [5, 5.41) is 1.04. The van der Waals surface area contributed by atoms with Crippen LogP contribution in [0.5, 0.6) is 0 Å². The number of thioether (sulfide) groups is 1. The molecule has 0 unspecified atom stereocenters. The molecule has 0 fully saturated rings. The van der Waals surface area contributed by atoms with Crippen molar-refractivity contribution in [2.75, 3.05) is 10.5 Å². The molecule has 2 aromatic carbocycles. The molecule has 0 radical (unpaired) electrons. The number of anilines is 1. The summed E-state index contributed by atoms with van der Waals surface area (Å²) in [6.45, 7) is 2.91. The number of aryl methyl sites for hydroxylation is 2. The van der Waals surface area contributed by atoms with E-state index in [1.807, 2.05) is 25.3 Å². The molecule has 0 bridgehead atoms. The predicted octanol–water partition coefficient (Wildman–Crippen LogP) is 3.77. The van der Waals surface area contributed by atoms with Crippen molar-refractivity contribution in [2.45, 2.75) is 23.5 Å². The van der Waals surface area contributed by atoms with E-state index in [1.165, 1.54) is 0 Å². The van der Waals surface area contributed by atoms with Crippen LogP contribution in [0.25, 0.3) is 11.3 Å². The molecule has 25 heavy (non-hydrogen) atoms. The highest BCUT2D eigenvalue weighted by Crippen LogP contribution is 2.29. The summed E-state index contributed by atoms with van der Waals surface area (Å²) in [6, 6.07) is 14.1. The molecule has 3 aromatic rings. The zero-order valence-electron chi connectivity index (χ0n) is 13.6. The highest BCUT2D eigenvalue weighted by Gasteiger charge is 2.16. The fraction of sp³-hybridized carbons (Fsp3) is 0.167. The summed E-state index contributed by atoms with van der Waals surface area (Å²) >= 11 is 1.75. The van der Waals surface area contributed by atoms with E-state index >= 15 is 0 Å². The van der Waals surface area contributed by atoms with Crippen LogP contribution in [0.15, 0.2) is 64.8 Å². The van der Waals surface area contributed by atoms with Crippen LogP contribution in [0.4, 0.5) is 5.69 Å². The standard InChI is InChI=1S/C18H17N3O2S2/c1-13-2-8-16(9-3-13)25(22,23)20-15-6-4-14(5-7-15)17-12-21-10-11-24-18(21)19-17/h2-9,12,20H,10-11H2,1H3. The molecule has 1 N–H and O–H groups in total. The van der Waals surface area contributed by atoms with Crippen LogP contribution in [0.2, 0.25) is 0 Å². The van der Waals surface area contributed by atoms with Gasteiger partial charge in [-0.1, -0.05) is 41.6 Å². The van der Waals surface area contributed by atoms with Crippen LogP contribution >= 0.6 is 11.8 Å². The number of sulfonamides is 1. The largest absolute Gasteiger partial charge is 0.325 e. The fourth-order valence-electron chi connectivity index (χ4n) is 2.69. The Morgan fingerprint density at radius 1 is 1.08 bits per heavy atom. The third kappa shape index (κ3) is 3.29. The van der Waals surface area contributed by atoms with E-state index in [1.54, 1.807) is 48.2 Å². The second kappa shape index (κ2) is 6.24. The Balaban J connectivity index is 1.54. The highest BCUT2D eigenvalue weighted by molar-refractivity contribution is 7.99. The Morgan fingerprint density at radius 2 is 1.80 bits per heavy atom. The van der Waals surface area contributed by atoms with Gasteiger partial charge in [-0.25, -0.2) is 13.4 Å². The molecule has 1 aliphatic heterocycles. The molecule has 4 rings (SSSR count). The molecule has 1 aromatic heterocycles.